The molecule has 0 aromatic heterocycles. The number of carbonyl (C=O) groups is 1. The summed E-state index contributed by atoms with van der Waals surface area (Å²) >= 11 is 6.39. The van der Waals surface area contributed by atoms with Gasteiger partial charge in [-0.25, -0.2) is 13.1 Å². The molecule has 0 spiro atoms. The van der Waals surface area contributed by atoms with Crippen molar-refractivity contribution in [3.8, 4) is 5.75 Å². The van der Waals surface area contributed by atoms with Gasteiger partial charge in [0.05, 0.1) is 24.2 Å². The molecule has 0 radical (unpaired) electrons. The van der Waals surface area contributed by atoms with Crippen molar-refractivity contribution in [1.29, 1.82) is 0 Å². The van der Waals surface area contributed by atoms with Crippen LogP contribution in [0.15, 0.2) is 48.6 Å². The molecule has 6 atom stereocenters. The van der Waals surface area contributed by atoms with Crippen LogP contribution in [-0.4, -0.2) is 51.0 Å². The summed E-state index contributed by atoms with van der Waals surface area (Å²) in [6.07, 6.45) is 10.4. The van der Waals surface area contributed by atoms with Crippen LogP contribution in [0, 0.1) is 23.7 Å². The summed E-state index contributed by atoms with van der Waals surface area (Å²) in [7, 11) is -2.31. The number of aliphatic hydroxyl groups excluding tert-OH is 1. The molecule has 2 bridgehead atoms. The van der Waals surface area contributed by atoms with Crippen LogP contribution in [0.3, 0.4) is 0 Å². The minimum absolute atomic E-state index is 0.0411. The number of hydrogen-bond donors (Lipinski definition) is 2. The number of sulfonamides is 1. The Balaban J connectivity index is 1.42. The lowest BCUT2D eigenvalue weighted by atomic mass is 9.68. The quantitative estimate of drug-likeness (QED) is 0.383. The van der Waals surface area contributed by atoms with Crippen LogP contribution in [0.1, 0.15) is 80.3 Å². The number of ether oxygens (including phenoxy) is 1. The number of methoxy groups -OCH3 is 1. The molecular formula is C35H45ClN2O5S. The van der Waals surface area contributed by atoms with Crippen molar-refractivity contribution in [2.24, 2.45) is 23.7 Å². The first-order valence-corrected chi connectivity index (χ1v) is 18.0. The van der Waals surface area contributed by atoms with E-state index in [9.17, 15) is 18.3 Å². The molecule has 1 aliphatic heterocycles. The van der Waals surface area contributed by atoms with Gasteiger partial charge in [-0.3, -0.25) is 4.79 Å². The standard InChI is InChI=1S/C35H45ClN2O5S/c1-22-6-4-8-31(39)28-14-11-26(28)20-38(21-35(2)17-5-7-24-18-27(36)13-15-29(24)35)30-19-25(12-16-32(30)43-3)34(40)37-44(41,42)33(22)23-9-10-23/h4,8,12-13,15-16,18-19,22-23,26,28,31,33,39H,5-7,9-11,14,17,20-21H2,1-3H3,(H,37,40)/b8-4+/t22-,26-,28+,31-,33-,35-/m0/s1. The molecule has 3 aliphatic carbocycles. The first-order valence-electron chi connectivity index (χ1n) is 16.1. The van der Waals surface area contributed by atoms with Gasteiger partial charge in [0, 0.05) is 29.1 Å². The number of allylic oxidation sites excluding steroid dienone is 1. The van der Waals surface area contributed by atoms with E-state index in [4.69, 9.17) is 16.3 Å². The summed E-state index contributed by atoms with van der Waals surface area (Å²) in [4.78, 5) is 15.9. The number of benzene rings is 2. The SMILES string of the molecule is COc1ccc2cc1N(C[C@]1(C)CCCc3cc(Cl)ccc31)C[C@@H]1CC[C@H]1[C@@H](O)/C=C/C[C@H](C)[C@@H](C1CC1)S(=O)(=O)NC2=O. The van der Waals surface area contributed by atoms with Crippen molar-refractivity contribution in [2.75, 3.05) is 25.1 Å². The average Bonchev–Trinajstić information content (AvgIpc) is 3.78. The monoisotopic (exact) mass is 640 g/mol. The van der Waals surface area contributed by atoms with E-state index in [1.165, 1.54) is 11.1 Å². The molecular weight excluding hydrogens is 596 g/mol. The third-order valence-electron chi connectivity index (χ3n) is 10.7. The largest absolute Gasteiger partial charge is 0.495 e. The van der Waals surface area contributed by atoms with Gasteiger partial charge in [0.25, 0.3) is 5.91 Å². The summed E-state index contributed by atoms with van der Waals surface area (Å²) < 4.78 is 35.6. The van der Waals surface area contributed by atoms with Crippen LogP contribution in [0.4, 0.5) is 5.69 Å². The van der Waals surface area contributed by atoms with Crippen molar-refractivity contribution in [1.82, 2.24) is 4.72 Å². The van der Waals surface area contributed by atoms with E-state index >= 15 is 0 Å². The maximum Gasteiger partial charge on any atom is 0.264 e. The number of nitrogens with zero attached hydrogens (tertiary/aromatic N) is 1. The molecule has 2 aromatic carbocycles. The van der Waals surface area contributed by atoms with E-state index in [0.29, 0.717) is 25.3 Å². The second-order valence-electron chi connectivity index (χ2n) is 13.9. The minimum atomic E-state index is -3.93. The molecule has 0 unspecified atom stereocenters. The van der Waals surface area contributed by atoms with Crippen LogP contribution in [0.25, 0.3) is 0 Å². The predicted molar refractivity (Wildman–Crippen MR) is 175 cm³/mol. The van der Waals surface area contributed by atoms with Gasteiger partial charge in [0.1, 0.15) is 5.75 Å². The molecule has 238 valence electrons. The van der Waals surface area contributed by atoms with Crippen LogP contribution in [-0.2, 0) is 21.9 Å². The van der Waals surface area contributed by atoms with E-state index in [1.807, 2.05) is 25.1 Å². The average molecular weight is 641 g/mol. The van der Waals surface area contributed by atoms with E-state index in [2.05, 4.69) is 28.7 Å². The highest BCUT2D eigenvalue weighted by molar-refractivity contribution is 7.90. The third kappa shape index (κ3) is 6.27. The molecule has 4 aliphatic rings. The predicted octanol–water partition coefficient (Wildman–Crippen LogP) is 6.27. The van der Waals surface area contributed by atoms with Gasteiger partial charge in [-0.15, -0.1) is 0 Å². The van der Waals surface area contributed by atoms with Gasteiger partial charge in [-0.2, -0.15) is 0 Å². The lowest BCUT2D eigenvalue weighted by Crippen LogP contribution is -2.48. The van der Waals surface area contributed by atoms with Crippen molar-refractivity contribution < 1.29 is 23.1 Å². The van der Waals surface area contributed by atoms with Gasteiger partial charge in [0.15, 0.2) is 0 Å². The molecule has 2 N–H and O–H groups in total. The molecule has 0 saturated heterocycles. The topological polar surface area (TPSA) is 95.9 Å². The Bertz CT molecular complexity index is 1540. The molecule has 2 fully saturated rings. The highest BCUT2D eigenvalue weighted by Gasteiger charge is 2.44. The molecule has 2 saturated carbocycles. The van der Waals surface area contributed by atoms with Crippen LogP contribution < -0.4 is 14.4 Å². The Morgan fingerprint density at radius 1 is 1.11 bits per heavy atom. The van der Waals surface area contributed by atoms with E-state index in [1.54, 1.807) is 25.3 Å². The number of aliphatic hydroxyl groups is 1. The number of anilines is 1. The lowest BCUT2D eigenvalue weighted by Gasteiger charge is -2.46. The summed E-state index contributed by atoms with van der Waals surface area (Å²) in [6.45, 7) is 5.59. The number of nitrogens with one attached hydrogen (secondary N) is 1. The lowest BCUT2D eigenvalue weighted by molar-refractivity contribution is 0.0456. The number of fused-ring (bicyclic) bond motifs is 4. The number of aryl methyl sites for hydroxylation is 1. The number of rotatable bonds is 4. The minimum Gasteiger partial charge on any atom is -0.495 e. The van der Waals surface area contributed by atoms with Crippen molar-refractivity contribution in [3.63, 3.8) is 0 Å². The Morgan fingerprint density at radius 3 is 2.59 bits per heavy atom. The van der Waals surface area contributed by atoms with Crippen molar-refractivity contribution >= 4 is 33.2 Å². The van der Waals surface area contributed by atoms with Gasteiger partial charge >= 0.3 is 0 Å². The van der Waals surface area contributed by atoms with E-state index in [0.717, 1.165) is 55.7 Å². The molecule has 2 aromatic rings. The molecule has 6 rings (SSSR count). The number of halogens is 1. The highest BCUT2D eigenvalue weighted by Crippen LogP contribution is 2.45. The summed E-state index contributed by atoms with van der Waals surface area (Å²) in [6, 6.07) is 11.4. The number of carbonyl (C=O) groups excluding carboxylic acids is 1. The Hall–Kier alpha value is -2.55. The molecule has 44 heavy (non-hydrogen) atoms. The number of hydrogen-bond acceptors (Lipinski definition) is 6. The zero-order valence-corrected chi connectivity index (χ0v) is 27.5. The summed E-state index contributed by atoms with van der Waals surface area (Å²) in [5, 5.41) is 11.3. The zero-order valence-electron chi connectivity index (χ0n) is 26.0. The van der Waals surface area contributed by atoms with Crippen molar-refractivity contribution in [2.45, 2.75) is 82.0 Å². The normalized spacial score (nSPS) is 32.9. The first kappa shape index (κ1) is 31.4. The second kappa shape index (κ2) is 12.3. The first-order chi connectivity index (χ1) is 21.0. The van der Waals surface area contributed by atoms with Crippen LogP contribution in [0.5, 0.6) is 5.75 Å². The van der Waals surface area contributed by atoms with Gasteiger partial charge in [-0.05, 0) is 116 Å². The van der Waals surface area contributed by atoms with Crippen molar-refractivity contribution in [3.05, 3.63) is 70.3 Å². The maximum atomic E-state index is 13.6. The van der Waals surface area contributed by atoms with E-state index < -0.39 is 27.3 Å². The molecule has 7 nitrogen and oxygen atoms in total. The molecule has 1 heterocycles. The maximum absolute atomic E-state index is 13.6. The second-order valence-corrected chi connectivity index (χ2v) is 16.2. The summed E-state index contributed by atoms with van der Waals surface area (Å²) in [5.74, 6) is 0.246. The Labute approximate surface area is 267 Å². The third-order valence-corrected chi connectivity index (χ3v) is 12.9. The number of amides is 1. The fraction of sp³-hybridized carbons (Fsp3) is 0.571. The van der Waals surface area contributed by atoms with E-state index in [-0.39, 0.29) is 34.7 Å². The van der Waals surface area contributed by atoms with Gasteiger partial charge in [-0.1, -0.05) is 43.7 Å². The van der Waals surface area contributed by atoms with Crippen LogP contribution >= 0.6 is 11.6 Å². The van der Waals surface area contributed by atoms with Crippen LogP contribution in [0.2, 0.25) is 5.02 Å². The fourth-order valence-corrected chi connectivity index (χ4v) is 10.3. The van der Waals surface area contributed by atoms with Gasteiger partial charge in [0.2, 0.25) is 10.0 Å². The Kier molecular flexibility index (Phi) is 8.81. The summed E-state index contributed by atoms with van der Waals surface area (Å²) in [5.41, 5.74) is 3.42. The van der Waals surface area contributed by atoms with Gasteiger partial charge < -0.3 is 14.7 Å². The zero-order chi connectivity index (χ0) is 31.2. The molecule has 1 amide bonds. The smallest absolute Gasteiger partial charge is 0.264 e. The fourth-order valence-electron chi connectivity index (χ4n) is 8.04. The highest BCUT2D eigenvalue weighted by atomic mass is 35.5. The Morgan fingerprint density at radius 2 is 1.89 bits per heavy atom. The molecule has 9 heteroatoms.